The van der Waals surface area contributed by atoms with E-state index in [1.54, 1.807) is 4.90 Å². The van der Waals surface area contributed by atoms with Gasteiger partial charge in [-0.3, -0.25) is 4.79 Å². The number of esters is 1. The number of nitrogen functional groups attached to an aromatic ring is 1. The molecule has 1 fully saturated rings. The van der Waals surface area contributed by atoms with E-state index in [-0.39, 0.29) is 23.9 Å². The number of hydrogen-bond acceptors (Lipinski definition) is 5. The minimum absolute atomic E-state index is 0.0174. The van der Waals surface area contributed by atoms with Gasteiger partial charge < -0.3 is 20.1 Å². The van der Waals surface area contributed by atoms with Gasteiger partial charge in [0.1, 0.15) is 11.2 Å². The summed E-state index contributed by atoms with van der Waals surface area (Å²) in [7, 11) is 0. The number of hydrogen-bond donors (Lipinski definition) is 1. The van der Waals surface area contributed by atoms with Crippen LogP contribution >= 0.6 is 0 Å². The molecule has 0 aliphatic carbocycles. The number of nitrogens with zero attached hydrogens (tertiary/aromatic N) is 1. The fraction of sp³-hybridized carbons (Fsp3) is 0.636. The molecule has 1 aliphatic heterocycles. The smallest absolute Gasteiger partial charge is 0.410 e. The van der Waals surface area contributed by atoms with Gasteiger partial charge >= 0.3 is 12.1 Å². The van der Waals surface area contributed by atoms with Crippen LogP contribution in [-0.2, 0) is 20.7 Å². The number of carbonyl (C=O) groups excluding carboxylic acids is 2. The maximum absolute atomic E-state index is 13.0. The van der Waals surface area contributed by atoms with Crippen molar-refractivity contribution >= 4 is 17.7 Å². The summed E-state index contributed by atoms with van der Waals surface area (Å²) in [6, 6.07) is 7.57. The summed E-state index contributed by atoms with van der Waals surface area (Å²) in [5.41, 5.74) is 6.46. The molecule has 1 heterocycles. The molecule has 0 aromatic heterocycles. The zero-order valence-corrected chi connectivity index (χ0v) is 18.0. The Bertz CT molecular complexity index is 703. The fourth-order valence-electron chi connectivity index (χ4n) is 3.40. The van der Waals surface area contributed by atoms with Crippen molar-refractivity contribution in [2.75, 3.05) is 18.8 Å². The predicted octanol–water partition coefficient (Wildman–Crippen LogP) is 4.03. The second-order valence-corrected chi connectivity index (χ2v) is 9.56. The third kappa shape index (κ3) is 6.73. The predicted molar refractivity (Wildman–Crippen MR) is 110 cm³/mol. The second-order valence-electron chi connectivity index (χ2n) is 9.56. The highest BCUT2D eigenvalue weighted by atomic mass is 16.6. The average Bonchev–Trinajstić information content (AvgIpc) is 2.99. The minimum atomic E-state index is -0.561. The standard InChI is InChI=1S/C22H34N2O4/c1-21(2,3)27-19(25)18(13-15-8-7-9-17(23)12-15)16-10-11-24(14-16)20(26)28-22(4,5)6/h7-9,12,16,18H,10-11,13-14,23H2,1-6H3. The van der Waals surface area contributed by atoms with Crippen LogP contribution in [0.3, 0.4) is 0 Å². The molecule has 1 aromatic carbocycles. The van der Waals surface area contributed by atoms with Crippen LogP contribution in [0.5, 0.6) is 0 Å². The quantitative estimate of drug-likeness (QED) is 0.620. The number of likely N-dealkylation sites (tertiary alicyclic amines) is 1. The minimum Gasteiger partial charge on any atom is -0.460 e. The zero-order valence-electron chi connectivity index (χ0n) is 18.0. The number of amides is 1. The number of ether oxygens (including phenoxy) is 2. The van der Waals surface area contributed by atoms with Gasteiger partial charge in [0.15, 0.2) is 0 Å². The lowest BCUT2D eigenvalue weighted by Crippen LogP contribution is -2.38. The highest BCUT2D eigenvalue weighted by Crippen LogP contribution is 2.30. The molecular weight excluding hydrogens is 356 g/mol. The Balaban J connectivity index is 2.15. The van der Waals surface area contributed by atoms with Crippen molar-refractivity contribution in [1.82, 2.24) is 4.90 Å². The van der Waals surface area contributed by atoms with E-state index in [0.29, 0.717) is 25.2 Å². The van der Waals surface area contributed by atoms with E-state index in [1.807, 2.05) is 65.8 Å². The monoisotopic (exact) mass is 390 g/mol. The first-order chi connectivity index (χ1) is 12.8. The summed E-state index contributed by atoms with van der Waals surface area (Å²) in [5, 5.41) is 0. The van der Waals surface area contributed by atoms with Crippen molar-refractivity contribution in [2.45, 2.75) is 65.6 Å². The summed E-state index contributed by atoms with van der Waals surface area (Å²) in [6.07, 6.45) is 0.944. The molecule has 0 radical (unpaired) electrons. The molecule has 0 saturated carbocycles. The number of anilines is 1. The van der Waals surface area contributed by atoms with Gasteiger partial charge in [0.2, 0.25) is 0 Å². The van der Waals surface area contributed by atoms with E-state index in [0.717, 1.165) is 12.0 Å². The second kappa shape index (κ2) is 8.41. The van der Waals surface area contributed by atoms with Crippen LogP contribution in [0.1, 0.15) is 53.5 Å². The molecule has 1 amide bonds. The van der Waals surface area contributed by atoms with E-state index in [1.165, 1.54) is 0 Å². The van der Waals surface area contributed by atoms with Crippen LogP contribution in [0.15, 0.2) is 24.3 Å². The molecule has 0 spiro atoms. The molecule has 1 aromatic rings. The molecule has 1 aliphatic rings. The van der Waals surface area contributed by atoms with Gasteiger partial charge in [0, 0.05) is 18.8 Å². The topological polar surface area (TPSA) is 81.9 Å². The van der Waals surface area contributed by atoms with Crippen molar-refractivity contribution < 1.29 is 19.1 Å². The first-order valence-electron chi connectivity index (χ1n) is 9.89. The van der Waals surface area contributed by atoms with E-state index in [4.69, 9.17) is 15.2 Å². The van der Waals surface area contributed by atoms with Crippen molar-refractivity contribution in [2.24, 2.45) is 11.8 Å². The molecule has 2 N–H and O–H groups in total. The van der Waals surface area contributed by atoms with Crippen LogP contribution in [0.2, 0.25) is 0 Å². The lowest BCUT2D eigenvalue weighted by Gasteiger charge is -2.28. The lowest BCUT2D eigenvalue weighted by molar-refractivity contribution is -0.161. The van der Waals surface area contributed by atoms with Gasteiger partial charge in [-0.05, 0) is 78.0 Å². The highest BCUT2D eigenvalue weighted by molar-refractivity contribution is 5.74. The van der Waals surface area contributed by atoms with Crippen molar-refractivity contribution in [3.8, 4) is 0 Å². The van der Waals surface area contributed by atoms with Gasteiger partial charge in [-0.1, -0.05) is 12.1 Å². The molecule has 0 bridgehead atoms. The van der Waals surface area contributed by atoms with Gasteiger partial charge in [-0.15, -0.1) is 0 Å². The van der Waals surface area contributed by atoms with Crippen molar-refractivity contribution in [3.63, 3.8) is 0 Å². The van der Waals surface area contributed by atoms with E-state index >= 15 is 0 Å². The Labute approximate surface area is 168 Å². The number of rotatable bonds is 4. The number of benzene rings is 1. The van der Waals surface area contributed by atoms with Crippen LogP contribution in [0, 0.1) is 11.8 Å². The third-order valence-corrected chi connectivity index (χ3v) is 4.56. The van der Waals surface area contributed by atoms with Crippen LogP contribution < -0.4 is 5.73 Å². The molecular formula is C22H34N2O4. The Morgan fingerprint density at radius 2 is 1.79 bits per heavy atom. The Morgan fingerprint density at radius 1 is 1.14 bits per heavy atom. The van der Waals surface area contributed by atoms with E-state index in [2.05, 4.69) is 0 Å². The molecule has 1 saturated heterocycles. The van der Waals surface area contributed by atoms with Crippen LogP contribution in [-0.4, -0.2) is 41.3 Å². The van der Waals surface area contributed by atoms with Gasteiger partial charge in [0.05, 0.1) is 5.92 Å². The summed E-state index contributed by atoms with van der Waals surface area (Å²) in [4.78, 5) is 27.0. The van der Waals surface area contributed by atoms with E-state index < -0.39 is 11.2 Å². The summed E-state index contributed by atoms with van der Waals surface area (Å²) >= 11 is 0. The summed E-state index contributed by atoms with van der Waals surface area (Å²) in [5.74, 6) is -0.553. The fourth-order valence-corrected chi connectivity index (χ4v) is 3.40. The largest absolute Gasteiger partial charge is 0.460 e. The molecule has 6 heteroatoms. The molecule has 2 unspecified atom stereocenters. The van der Waals surface area contributed by atoms with Gasteiger partial charge in [0.25, 0.3) is 0 Å². The lowest BCUT2D eigenvalue weighted by atomic mass is 9.86. The van der Waals surface area contributed by atoms with Gasteiger partial charge in [-0.2, -0.15) is 0 Å². The maximum Gasteiger partial charge on any atom is 0.410 e. The van der Waals surface area contributed by atoms with E-state index in [9.17, 15) is 9.59 Å². The molecule has 2 rings (SSSR count). The highest BCUT2D eigenvalue weighted by Gasteiger charge is 2.39. The number of nitrogens with two attached hydrogens (primary N) is 1. The Morgan fingerprint density at radius 3 is 2.36 bits per heavy atom. The van der Waals surface area contributed by atoms with Gasteiger partial charge in [-0.25, -0.2) is 4.79 Å². The molecule has 2 atom stereocenters. The first-order valence-corrected chi connectivity index (χ1v) is 9.89. The van der Waals surface area contributed by atoms with Crippen molar-refractivity contribution in [3.05, 3.63) is 29.8 Å². The van der Waals surface area contributed by atoms with Crippen LogP contribution in [0.25, 0.3) is 0 Å². The third-order valence-electron chi connectivity index (χ3n) is 4.56. The Kier molecular flexibility index (Phi) is 6.63. The average molecular weight is 391 g/mol. The molecule has 6 nitrogen and oxygen atoms in total. The van der Waals surface area contributed by atoms with Crippen LogP contribution in [0.4, 0.5) is 10.5 Å². The summed E-state index contributed by atoms with van der Waals surface area (Å²) < 4.78 is 11.2. The SMILES string of the molecule is CC(C)(C)OC(=O)C(Cc1cccc(N)c1)C1CCN(C(=O)OC(C)(C)C)C1. The number of carbonyl (C=O) groups is 2. The maximum atomic E-state index is 13.0. The zero-order chi connectivity index (χ0) is 21.1. The Hall–Kier alpha value is -2.24. The molecule has 28 heavy (non-hydrogen) atoms. The normalized spacial score (nSPS) is 18.6. The first kappa shape index (κ1) is 22.1. The molecule has 156 valence electrons. The summed E-state index contributed by atoms with van der Waals surface area (Å²) in [6.45, 7) is 12.2. The van der Waals surface area contributed by atoms with Crippen molar-refractivity contribution in [1.29, 1.82) is 0 Å².